The van der Waals surface area contributed by atoms with E-state index in [4.69, 9.17) is 0 Å². The van der Waals surface area contributed by atoms with E-state index in [2.05, 4.69) is 31.7 Å². The minimum Gasteiger partial charge on any atom is -0.332 e. The summed E-state index contributed by atoms with van der Waals surface area (Å²) in [4.78, 5) is 12.1. The minimum atomic E-state index is -0.246. The molecule has 0 bridgehead atoms. The second kappa shape index (κ2) is 6.19. The maximum Gasteiger partial charge on any atom is 0.319 e. The first-order valence-corrected chi connectivity index (χ1v) is 7.63. The maximum atomic E-state index is 12.1. The summed E-state index contributed by atoms with van der Waals surface area (Å²) in [6, 6.07) is 13.5. The van der Waals surface area contributed by atoms with Crippen LogP contribution in [0.15, 0.2) is 53.1 Å². The zero-order chi connectivity index (χ0) is 15.5. The van der Waals surface area contributed by atoms with Crippen molar-refractivity contribution in [3.05, 3.63) is 58.8 Å². The number of aryl methyl sites for hydroxylation is 1. The molecule has 0 unspecified atom stereocenters. The molecule has 0 saturated carbocycles. The standard InChI is InChI=1S/C16H15BrN4O/c1-21-15(13(17)9-19-21)10-18-16(22)20-14-8-4-6-11-5-2-3-7-12(11)14/h2-9H,10H2,1H3,(H2,18,20,22). The van der Waals surface area contributed by atoms with Crippen LogP contribution in [-0.4, -0.2) is 15.8 Å². The van der Waals surface area contributed by atoms with Crippen LogP contribution in [0, 0.1) is 0 Å². The van der Waals surface area contributed by atoms with Gasteiger partial charge in [-0.15, -0.1) is 0 Å². The Hall–Kier alpha value is -2.34. The first-order chi connectivity index (χ1) is 10.6. The van der Waals surface area contributed by atoms with Gasteiger partial charge in [0.1, 0.15) is 0 Å². The van der Waals surface area contributed by atoms with E-state index >= 15 is 0 Å². The summed E-state index contributed by atoms with van der Waals surface area (Å²) in [5.41, 5.74) is 1.70. The molecular formula is C16H15BrN4O. The molecule has 0 aliphatic carbocycles. The van der Waals surface area contributed by atoms with Crippen molar-refractivity contribution in [1.29, 1.82) is 0 Å². The molecule has 2 N–H and O–H groups in total. The molecule has 2 aromatic carbocycles. The van der Waals surface area contributed by atoms with Crippen LogP contribution in [0.2, 0.25) is 0 Å². The molecule has 3 rings (SSSR count). The van der Waals surface area contributed by atoms with Gasteiger partial charge in [0.2, 0.25) is 0 Å². The van der Waals surface area contributed by atoms with Gasteiger partial charge in [0.25, 0.3) is 0 Å². The number of nitrogens with zero attached hydrogens (tertiary/aromatic N) is 2. The molecule has 0 atom stereocenters. The molecule has 0 aliphatic rings. The molecule has 1 aromatic heterocycles. The fraction of sp³-hybridized carbons (Fsp3) is 0.125. The van der Waals surface area contributed by atoms with E-state index < -0.39 is 0 Å². The molecule has 3 aromatic rings. The number of urea groups is 1. The molecule has 0 saturated heterocycles. The number of aromatic nitrogens is 2. The summed E-state index contributed by atoms with van der Waals surface area (Å²) in [5.74, 6) is 0. The molecule has 22 heavy (non-hydrogen) atoms. The van der Waals surface area contributed by atoms with Crippen molar-refractivity contribution in [1.82, 2.24) is 15.1 Å². The average molecular weight is 359 g/mol. The van der Waals surface area contributed by atoms with Crippen molar-refractivity contribution < 1.29 is 4.79 Å². The van der Waals surface area contributed by atoms with E-state index in [-0.39, 0.29) is 6.03 Å². The predicted octanol–water partition coefficient (Wildman–Crippen LogP) is 3.66. The topological polar surface area (TPSA) is 59.0 Å². The lowest BCUT2D eigenvalue weighted by molar-refractivity contribution is 0.251. The van der Waals surface area contributed by atoms with E-state index in [1.54, 1.807) is 10.9 Å². The van der Waals surface area contributed by atoms with E-state index in [1.165, 1.54) is 0 Å². The molecule has 5 nitrogen and oxygen atoms in total. The Bertz CT molecular complexity index is 803. The average Bonchev–Trinajstić information content (AvgIpc) is 2.84. The van der Waals surface area contributed by atoms with Crippen LogP contribution in [0.25, 0.3) is 10.8 Å². The number of anilines is 1. The molecular weight excluding hydrogens is 344 g/mol. The smallest absolute Gasteiger partial charge is 0.319 e. The van der Waals surface area contributed by atoms with Gasteiger partial charge in [0.05, 0.1) is 28.6 Å². The lowest BCUT2D eigenvalue weighted by atomic mass is 10.1. The number of benzene rings is 2. The second-order valence-corrected chi connectivity index (χ2v) is 5.75. The predicted molar refractivity (Wildman–Crippen MR) is 90.7 cm³/mol. The first-order valence-electron chi connectivity index (χ1n) is 6.84. The van der Waals surface area contributed by atoms with Crippen molar-refractivity contribution in [2.24, 2.45) is 7.05 Å². The van der Waals surface area contributed by atoms with Gasteiger partial charge in [0, 0.05) is 12.4 Å². The number of carbonyl (C=O) groups excluding carboxylic acids is 1. The zero-order valence-corrected chi connectivity index (χ0v) is 13.6. The minimum absolute atomic E-state index is 0.246. The summed E-state index contributed by atoms with van der Waals surface area (Å²) in [6.45, 7) is 0.397. The third-order valence-corrected chi connectivity index (χ3v) is 4.13. The number of amides is 2. The monoisotopic (exact) mass is 358 g/mol. The highest BCUT2D eigenvalue weighted by molar-refractivity contribution is 9.10. The van der Waals surface area contributed by atoms with Gasteiger partial charge in [0.15, 0.2) is 0 Å². The van der Waals surface area contributed by atoms with E-state index in [0.29, 0.717) is 6.54 Å². The van der Waals surface area contributed by atoms with Crippen LogP contribution in [0.4, 0.5) is 10.5 Å². The third-order valence-electron chi connectivity index (χ3n) is 3.46. The highest BCUT2D eigenvalue weighted by Gasteiger charge is 2.09. The quantitative estimate of drug-likeness (QED) is 0.750. The second-order valence-electron chi connectivity index (χ2n) is 4.90. The fourth-order valence-electron chi connectivity index (χ4n) is 2.30. The van der Waals surface area contributed by atoms with Gasteiger partial charge in [-0.05, 0) is 27.4 Å². The summed E-state index contributed by atoms with van der Waals surface area (Å²) < 4.78 is 2.60. The molecule has 6 heteroatoms. The molecule has 0 spiro atoms. The van der Waals surface area contributed by atoms with Crippen LogP contribution in [0.5, 0.6) is 0 Å². The van der Waals surface area contributed by atoms with Gasteiger partial charge < -0.3 is 10.6 Å². The number of hydrogen-bond donors (Lipinski definition) is 2. The normalized spacial score (nSPS) is 10.6. The van der Waals surface area contributed by atoms with Crippen LogP contribution < -0.4 is 10.6 Å². The van der Waals surface area contributed by atoms with Crippen LogP contribution in [0.3, 0.4) is 0 Å². The Morgan fingerprint density at radius 2 is 2.00 bits per heavy atom. The van der Waals surface area contributed by atoms with Crippen molar-refractivity contribution in [2.45, 2.75) is 6.54 Å². The van der Waals surface area contributed by atoms with Crippen molar-refractivity contribution in [3.63, 3.8) is 0 Å². The molecule has 0 aliphatic heterocycles. The van der Waals surface area contributed by atoms with Crippen LogP contribution in [-0.2, 0) is 13.6 Å². The molecule has 112 valence electrons. The molecule has 0 radical (unpaired) electrons. The Labute approximate surface area is 136 Å². The largest absolute Gasteiger partial charge is 0.332 e. The van der Waals surface area contributed by atoms with Gasteiger partial charge in [-0.1, -0.05) is 36.4 Å². The van der Waals surface area contributed by atoms with E-state index in [1.807, 2.05) is 49.5 Å². The number of rotatable bonds is 3. The van der Waals surface area contributed by atoms with Gasteiger partial charge in [-0.2, -0.15) is 5.10 Å². The van der Waals surface area contributed by atoms with Crippen molar-refractivity contribution >= 4 is 38.4 Å². The summed E-state index contributed by atoms with van der Waals surface area (Å²) in [5, 5.41) is 12.0. The summed E-state index contributed by atoms with van der Waals surface area (Å²) >= 11 is 3.41. The molecule has 1 heterocycles. The lowest BCUT2D eigenvalue weighted by Gasteiger charge is -2.10. The van der Waals surface area contributed by atoms with E-state index in [0.717, 1.165) is 26.6 Å². The number of carbonyl (C=O) groups is 1. The lowest BCUT2D eigenvalue weighted by Crippen LogP contribution is -2.29. The maximum absolute atomic E-state index is 12.1. The number of nitrogens with one attached hydrogen (secondary N) is 2. The van der Waals surface area contributed by atoms with Crippen molar-refractivity contribution in [3.8, 4) is 0 Å². The summed E-state index contributed by atoms with van der Waals surface area (Å²) in [7, 11) is 1.84. The number of hydrogen-bond acceptors (Lipinski definition) is 2. The fourth-order valence-corrected chi connectivity index (χ4v) is 2.79. The van der Waals surface area contributed by atoms with E-state index in [9.17, 15) is 4.79 Å². The van der Waals surface area contributed by atoms with Gasteiger partial charge in [-0.3, -0.25) is 4.68 Å². The van der Waals surface area contributed by atoms with Gasteiger partial charge in [-0.25, -0.2) is 4.79 Å². The number of fused-ring (bicyclic) bond motifs is 1. The van der Waals surface area contributed by atoms with Crippen molar-refractivity contribution in [2.75, 3.05) is 5.32 Å². The summed E-state index contributed by atoms with van der Waals surface area (Å²) in [6.07, 6.45) is 1.71. The SMILES string of the molecule is Cn1ncc(Br)c1CNC(=O)Nc1cccc2ccccc12. The Morgan fingerprint density at radius 1 is 1.23 bits per heavy atom. The number of halogens is 1. The van der Waals surface area contributed by atoms with Crippen LogP contribution >= 0.6 is 15.9 Å². The Balaban J connectivity index is 1.71. The first kappa shape index (κ1) is 14.6. The molecule has 0 fully saturated rings. The Morgan fingerprint density at radius 3 is 2.77 bits per heavy atom. The highest BCUT2D eigenvalue weighted by atomic mass is 79.9. The zero-order valence-electron chi connectivity index (χ0n) is 12.0. The molecule has 2 amide bonds. The third kappa shape index (κ3) is 2.96. The van der Waals surface area contributed by atoms with Crippen LogP contribution in [0.1, 0.15) is 5.69 Å². The Kier molecular flexibility index (Phi) is 4.11. The highest BCUT2D eigenvalue weighted by Crippen LogP contribution is 2.22. The van der Waals surface area contributed by atoms with Gasteiger partial charge >= 0.3 is 6.03 Å².